The molecule has 4 rings (SSSR count). The molecule has 0 saturated carbocycles. The van der Waals surface area contributed by atoms with Crippen LogP contribution in [0.3, 0.4) is 0 Å². The van der Waals surface area contributed by atoms with E-state index < -0.39 is 5.72 Å². The quantitative estimate of drug-likeness (QED) is 0.739. The summed E-state index contributed by atoms with van der Waals surface area (Å²) in [6.45, 7) is 2.73. The second-order valence-corrected chi connectivity index (χ2v) is 7.12. The van der Waals surface area contributed by atoms with Gasteiger partial charge in [-0.05, 0) is 25.0 Å². The molecule has 0 bridgehead atoms. The molecule has 0 radical (unpaired) electrons. The molecule has 2 saturated heterocycles. The highest BCUT2D eigenvalue weighted by atomic mass is 35.5. The minimum absolute atomic E-state index is 0.000309. The molecular formula is C18H20ClNO2. The van der Waals surface area contributed by atoms with Gasteiger partial charge in [0.05, 0.1) is 6.61 Å². The molecule has 0 N–H and O–H groups in total. The summed E-state index contributed by atoms with van der Waals surface area (Å²) < 4.78 is 6.35. The SMILES string of the molecule is C[C@H]1C[C@@]2(c3ccc(Cl)cc3)OC[C@@H]3CC=CC[C@H]3N2C1=O. The topological polar surface area (TPSA) is 29.5 Å². The Kier molecular flexibility index (Phi) is 3.31. The molecule has 1 amide bonds. The van der Waals surface area contributed by atoms with Gasteiger partial charge in [0, 0.05) is 34.9 Å². The minimum atomic E-state index is -0.604. The van der Waals surface area contributed by atoms with E-state index in [9.17, 15) is 4.79 Å². The summed E-state index contributed by atoms with van der Waals surface area (Å²) in [7, 11) is 0. The molecule has 0 spiro atoms. The van der Waals surface area contributed by atoms with Gasteiger partial charge in [0.2, 0.25) is 5.91 Å². The van der Waals surface area contributed by atoms with Crippen LogP contribution in [0.4, 0.5) is 0 Å². The summed E-state index contributed by atoms with van der Waals surface area (Å²) in [5.41, 5.74) is 0.440. The van der Waals surface area contributed by atoms with Gasteiger partial charge in [-0.25, -0.2) is 0 Å². The van der Waals surface area contributed by atoms with Gasteiger partial charge in [0.1, 0.15) is 0 Å². The molecular weight excluding hydrogens is 298 g/mol. The highest BCUT2D eigenvalue weighted by Crippen LogP contribution is 2.50. The molecule has 3 nitrogen and oxygen atoms in total. The fourth-order valence-electron chi connectivity index (χ4n) is 4.22. The van der Waals surface area contributed by atoms with Crippen LogP contribution < -0.4 is 0 Å². The first-order valence-corrected chi connectivity index (χ1v) is 8.38. The van der Waals surface area contributed by atoms with E-state index in [-0.39, 0.29) is 17.9 Å². The number of hydrogen-bond donors (Lipinski definition) is 0. The molecule has 1 aliphatic carbocycles. The summed E-state index contributed by atoms with van der Waals surface area (Å²) in [4.78, 5) is 14.9. The zero-order chi connectivity index (χ0) is 15.3. The van der Waals surface area contributed by atoms with Crippen molar-refractivity contribution >= 4 is 17.5 Å². The van der Waals surface area contributed by atoms with Crippen LogP contribution in [0.25, 0.3) is 0 Å². The van der Waals surface area contributed by atoms with E-state index in [1.807, 2.05) is 36.1 Å². The number of halogens is 1. The number of rotatable bonds is 1. The van der Waals surface area contributed by atoms with E-state index in [0.29, 0.717) is 17.5 Å². The van der Waals surface area contributed by atoms with Crippen LogP contribution in [-0.4, -0.2) is 23.5 Å². The van der Waals surface area contributed by atoms with Gasteiger partial charge < -0.3 is 9.64 Å². The van der Waals surface area contributed by atoms with Gasteiger partial charge in [-0.3, -0.25) is 4.79 Å². The van der Waals surface area contributed by atoms with E-state index in [4.69, 9.17) is 16.3 Å². The lowest BCUT2D eigenvalue weighted by Crippen LogP contribution is -2.59. The molecule has 0 unspecified atom stereocenters. The van der Waals surface area contributed by atoms with E-state index in [0.717, 1.165) is 24.8 Å². The Labute approximate surface area is 135 Å². The number of benzene rings is 1. The lowest BCUT2D eigenvalue weighted by molar-refractivity contribution is -0.216. The molecule has 22 heavy (non-hydrogen) atoms. The number of hydrogen-bond acceptors (Lipinski definition) is 2. The van der Waals surface area contributed by atoms with Crippen LogP contribution in [0.15, 0.2) is 36.4 Å². The highest BCUT2D eigenvalue weighted by molar-refractivity contribution is 6.30. The van der Waals surface area contributed by atoms with Crippen LogP contribution >= 0.6 is 11.6 Å². The number of ether oxygens (including phenoxy) is 1. The average Bonchev–Trinajstić information content (AvgIpc) is 2.80. The number of fused-ring (bicyclic) bond motifs is 3. The normalized spacial score (nSPS) is 37.1. The Morgan fingerprint density at radius 2 is 1.95 bits per heavy atom. The maximum Gasteiger partial charge on any atom is 0.228 e. The molecule has 2 fully saturated rings. The minimum Gasteiger partial charge on any atom is -0.351 e. The Morgan fingerprint density at radius 1 is 1.23 bits per heavy atom. The maximum atomic E-state index is 12.8. The third-order valence-corrected chi connectivity index (χ3v) is 5.57. The summed E-state index contributed by atoms with van der Waals surface area (Å²) in [6.07, 6.45) is 7.07. The fraction of sp³-hybridized carbons (Fsp3) is 0.500. The lowest BCUT2D eigenvalue weighted by atomic mass is 9.84. The zero-order valence-electron chi connectivity index (χ0n) is 12.7. The largest absolute Gasteiger partial charge is 0.351 e. The molecule has 116 valence electrons. The number of carbonyl (C=O) groups excluding carboxylic acids is 1. The number of allylic oxidation sites excluding steroid dienone is 1. The standard InChI is InChI=1S/C18H20ClNO2/c1-12-10-18(14-6-8-15(19)9-7-14)20(17(12)21)16-5-3-2-4-13(16)11-22-18/h2-3,6-9,12-13,16H,4-5,10-11H2,1H3/t12-,13-,16+,18-/m0/s1. The van der Waals surface area contributed by atoms with Crippen LogP contribution in [0.5, 0.6) is 0 Å². The number of carbonyl (C=O) groups is 1. The van der Waals surface area contributed by atoms with Gasteiger partial charge in [0.25, 0.3) is 0 Å². The second-order valence-electron chi connectivity index (χ2n) is 6.69. The van der Waals surface area contributed by atoms with Crippen molar-refractivity contribution in [2.75, 3.05) is 6.61 Å². The average molecular weight is 318 g/mol. The smallest absolute Gasteiger partial charge is 0.228 e. The molecule has 4 atom stereocenters. The van der Waals surface area contributed by atoms with E-state index in [2.05, 4.69) is 12.2 Å². The Hall–Kier alpha value is -1.32. The molecule has 4 heteroatoms. The van der Waals surface area contributed by atoms with Gasteiger partial charge in [-0.1, -0.05) is 42.8 Å². The van der Waals surface area contributed by atoms with E-state index >= 15 is 0 Å². The molecule has 2 aliphatic heterocycles. The van der Waals surface area contributed by atoms with Gasteiger partial charge in [-0.2, -0.15) is 0 Å². The van der Waals surface area contributed by atoms with Crippen molar-refractivity contribution in [3.63, 3.8) is 0 Å². The maximum absolute atomic E-state index is 12.8. The summed E-state index contributed by atoms with van der Waals surface area (Å²) >= 11 is 6.03. The van der Waals surface area contributed by atoms with Crippen LogP contribution in [-0.2, 0) is 15.3 Å². The monoisotopic (exact) mass is 317 g/mol. The predicted octanol–water partition coefficient (Wildman–Crippen LogP) is 3.73. The van der Waals surface area contributed by atoms with E-state index in [1.54, 1.807) is 0 Å². The Balaban J connectivity index is 1.80. The van der Waals surface area contributed by atoms with Crippen molar-refractivity contribution in [1.82, 2.24) is 4.90 Å². The van der Waals surface area contributed by atoms with Crippen molar-refractivity contribution in [2.24, 2.45) is 11.8 Å². The summed E-state index contributed by atoms with van der Waals surface area (Å²) in [5.74, 6) is 0.639. The molecule has 1 aromatic rings. The lowest BCUT2D eigenvalue weighted by Gasteiger charge is -2.51. The molecule has 2 heterocycles. The third-order valence-electron chi connectivity index (χ3n) is 5.32. The number of amides is 1. The first kappa shape index (κ1) is 14.3. The second kappa shape index (κ2) is 5.10. The van der Waals surface area contributed by atoms with Crippen molar-refractivity contribution in [1.29, 1.82) is 0 Å². The Morgan fingerprint density at radius 3 is 2.73 bits per heavy atom. The van der Waals surface area contributed by atoms with Crippen molar-refractivity contribution < 1.29 is 9.53 Å². The predicted molar refractivity (Wildman–Crippen MR) is 85.4 cm³/mol. The van der Waals surface area contributed by atoms with Crippen molar-refractivity contribution in [3.8, 4) is 0 Å². The van der Waals surface area contributed by atoms with Crippen LogP contribution in [0.2, 0.25) is 5.02 Å². The van der Waals surface area contributed by atoms with Crippen LogP contribution in [0.1, 0.15) is 31.7 Å². The third kappa shape index (κ3) is 1.95. The fourth-order valence-corrected chi connectivity index (χ4v) is 4.35. The highest BCUT2D eigenvalue weighted by Gasteiger charge is 2.57. The molecule has 0 aromatic heterocycles. The first-order valence-electron chi connectivity index (χ1n) is 8.00. The van der Waals surface area contributed by atoms with Gasteiger partial charge in [-0.15, -0.1) is 0 Å². The van der Waals surface area contributed by atoms with Gasteiger partial charge >= 0.3 is 0 Å². The van der Waals surface area contributed by atoms with Gasteiger partial charge in [0.15, 0.2) is 5.72 Å². The molecule has 1 aromatic carbocycles. The zero-order valence-corrected chi connectivity index (χ0v) is 13.4. The number of nitrogens with zero attached hydrogens (tertiary/aromatic N) is 1. The van der Waals surface area contributed by atoms with Crippen molar-refractivity contribution in [3.05, 3.63) is 47.0 Å². The van der Waals surface area contributed by atoms with Crippen molar-refractivity contribution in [2.45, 2.75) is 38.0 Å². The first-order chi connectivity index (χ1) is 10.6. The molecule has 3 aliphatic rings. The Bertz CT molecular complexity index is 626. The summed E-state index contributed by atoms with van der Waals surface area (Å²) in [5, 5.41) is 0.707. The van der Waals surface area contributed by atoms with E-state index in [1.165, 1.54) is 0 Å². The summed E-state index contributed by atoms with van der Waals surface area (Å²) in [6, 6.07) is 8.02. The van der Waals surface area contributed by atoms with Crippen LogP contribution in [0, 0.1) is 11.8 Å².